The molecule has 1 amide bonds. The minimum absolute atomic E-state index is 0.101. The van der Waals surface area contributed by atoms with Crippen LogP contribution in [0.5, 0.6) is 0 Å². The number of rotatable bonds is 5. The summed E-state index contributed by atoms with van der Waals surface area (Å²) in [5, 5.41) is 0. The van der Waals surface area contributed by atoms with Gasteiger partial charge in [-0.15, -0.1) is 0 Å². The third-order valence-corrected chi connectivity index (χ3v) is 5.79. The lowest BCUT2D eigenvalue weighted by Gasteiger charge is -2.34. The highest BCUT2D eigenvalue weighted by molar-refractivity contribution is 7.89. The molecule has 8 heteroatoms. The van der Waals surface area contributed by atoms with Gasteiger partial charge >= 0.3 is 0 Å². The highest BCUT2D eigenvalue weighted by Gasteiger charge is 2.29. The molecule has 0 atom stereocenters. The van der Waals surface area contributed by atoms with Crippen LogP contribution in [-0.4, -0.2) is 55.5 Å². The van der Waals surface area contributed by atoms with Gasteiger partial charge in [-0.3, -0.25) is 4.79 Å². The standard InChI is InChI=1S/C15H20F2N2O3S/c1-2-3-10-23(21,22)19-8-6-18(7-9-19)15(20)13-5-4-12(16)11-14(13)17/h4-5,11H,2-3,6-10H2,1H3. The smallest absolute Gasteiger partial charge is 0.256 e. The molecule has 23 heavy (non-hydrogen) atoms. The van der Waals surface area contributed by atoms with Gasteiger partial charge in [0.25, 0.3) is 5.91 Å². The van der Waals surface area contributed by atoms with Crippen molar-refractivity contribution in [1.82, 2.24) is 9.21 Å². The Kier molecular flexibility index (Phi) is 5.69. The van der Waals surface area contributed by atoms with E-state index in [1.54, 1.807) is 0 Å². The lowest BCUT2D eigenvalue weighted by Crippen LogP contribution is -2.51. The van der Waals surface area contributed by atoms with Crippen LogP contribution in [-0.2, 0) is 10.0 Å². The van der Waals surface area contributed by atoms with E-state index in [-0.39, 0.29) is 37.5 Å². The molecule has 0 N–H and O–H groups in total. The van der Waals surface area contributed by atoms with Gasteiger partial charge < -0.3 is 4.90 Å². The topological polar surface area (TPSA) is 57.7 Å². The quantitative estimate of drug-likeness (QED) is 0.818. The average Bonchev–Trinajstić information content (AvgIpc) is 2.52. The number of carbonyl (C=O) groups excluding carboxylic acids is 1. The van der Waals surface area contributed by atoms with Crippen LogP contribution in [0.3, 0.4) is 0 Å². The van der Waals surface area contributed by atoms with Gasteiger partial charge in [0.15, 0.2) is 0 Å². The first-order valence-corrected chi connectivity index (χ1v) is 9.18. The highest BCUT2D eigenvalue weighted by atomic mass is 32.2. The van der Waals surface area contributed by atoms with Crippen LogP contribution in [0, 0.1) is 11.6 Å². The molecular formula is C15H20F2N2O3S. The summed E-state index contributed by atoms with van der Waals surface area (Å²) in [4.78, 5) is 13.6. The number of unbranched alkanes of at least 4 members (excludes halogenated alkanes) is 1. The Bertz CT molecular complexity index is 671. The molecule has 128 valence electrons. The number of halogens is 2. The lowest BCUT2D eigenvalue weighted by molar-refractivity contribution is 0.0693. The van der Waals surface area contributed by atoms with Crippen molar-refractivity contribution in [2.24, 2.45) is 0 Å². The van der Waals surface area contributed by atoms with Crippen LogP contribution in [0.1, 0.15) is 30.1 Å². The first kappa shape index (κ1) is 17.8. The average molecular weight is 346 g/mol. The molecule has 1 heterocycles. The van der Waals surface area contributed by atoms with Crippen molar-refractivity contribution < 1.29 is 22.0 Å². The summed E-state index contributed by atoms with van der Waals surface area (Å²) in [5.41, 5.74) is -0.200. The second-order valence-electron chi connectivity index (χ2n) is 5.48. The summed E-state index contributed by atoms with van der Waals surface area (Å²) in [6, 6.07) is 2.80. The largest absolute Gasteiger partial charge is 0.336 e. The third-order valence-electron chi connectivity index (χ3n) is 3.84. The van der Waals surface area contributed by atoms with Crippen LogP contribution in [0.4, 0.5) is 8.78 Å². The summed E-state index contributed by atoms with van der Waals surface area (Å²) in [7, 11) is -3.30. The second-order valence-corrected chi connectivity index (χ2v) is 7.57. The van der Waals surface area contributed by atoms with Gasteiger partial charge in [0.05, 0.1) is 11.3 Å². The summed E-state index contributed by atoms with van der Waals surface area (Å²) in [6.07, 6.45) is 1.39. The van der Waals surface area contributed by atoms with E-state index in [1.165, 1.54) is 9.21 Å². The maximum absolute atomic E-state index is 13.7. The monoisotopic (exact) mass is 346 g/mol. The number of hydrogen-bond donors (Lipinski definition) is 0. The van der Waals surface area contributed by atoms with E-state index in [0.29, 0.717) is 12.5 Å². The Morgan fingerprint density at radius 3 is 2.39 bits per heavy atom. The van der Waals surface area contributed by atoms with Gasteiger partial charge in [-0.1, -0.05) is 13.3 Å². The molecule has 0 aliphatic carbocycles. The maximum atomic E-state index is 13.7. The van der Waals surface area contributed by atoms with Crippen molar-refractivity contribution in [2.75, 3.05) is 31.9 Å². The fourth-order valence-corrected chi connectivity index (χ4v) is 4.09. The molecule has 1 aromatic carbocycles. The maximum Gasteiger partial charge on any atom is 0.256 e. The normalized spacial score (nSPS) is 16.6. The number of amides is 1. The Hall–Kier alpha value is -1.54. The molecule has 0 spiro atoms. The number of nitrogens with zero attached hydrogens (tertiary/aromatic N) is 2. The Labute approximate surface area is 134 Å². The van der Waals surface area contributed by atoms with Gasteiger partial charge in [0.2, 0.25) is 10.0 Å². The molecule has 5 nitrogen and oxygen atoms in total. The van der Waals surface area contributed by atoms with Crippen LogP contribution >= 0.6 is 0 Å². The predicted octanol–water partition coefficient (Wildman–Crippen LogP) is 1.85. The summed E-state index contributed by atoms with van der Waals surface area (Å²) >= 11 is 0. The fourth-order valence-electron chi connectivity index (χ4n) is 2.46. The van der Waals surface area contributed by atoms with Crippen molar-refractivity contribution in [3.63, 3.8) is 0 Å². The van der Waals surface area contributed by atoms with Gasteiger partial charge in [-0.2, -0.15) is 4.31 Å². The molecule has 1 aromatic rings. The van der Waals surface area contributed by atoms with Crippen LogP contribution in [0.2, 0.25) is 0 Å². The Balaban J connectivity index is 2.00. The molecule has 0 unspecified atom stereocenters. The Morgan fingerprint density at radius 1 is 1.17 bits per heavy atom. The molecule has 2 rings (SSSR count). The van der Waals surface area contributed by atoms with Crippen molar-refractivity contribution in [1.29, 1.82) is 0 Å². The second kappa shape index (κ2) is 7.35. The Morgan fingerprint density at radius 2 is 1.83 bits per heavy atom. The first-order chi connectivity index (χ1) is 10.8. The van der Waals surface area contributed by atoms with Crippen molar-refractivity contribution in [3.05, 3.63) is 35.4 Å². The molecule has 1 aliphatic heterocycles. The van der Waals surface area contributed by atoms with Crippen molar-refractivity contribution >= 4 is 15.9 Å². The molecule has 0 aromatic heterocycles. The number of benzene rings is 1. The van der Waals surface area contributed by atoms with E-state index in [2.05, 4.69) is 0 Å². The van der Waals surface area contributed by atoms with Gasteiger partial charge in [-0.25, -0.2) is 17.2 Å². The predicted molar refractivity (Wildman–Crippen MR) is 82.5 cm³/mol. The van der Waals surface area contributed by atoms with Gasteiger partial charge in [0.1, 0.15) is 11.6 Å². The molecule has 1 fully saturated rings. The van der Waals surface area contributed by atoms with Crippen LogP contribution in [0.15, 0.2) is 18.2 Å². The van der Waals surface area contributed by atoms with Crippen molar-refractivity contribution in [3.8, 4) is 0 Å². The van der Waals surface area contributed by atoms with Crippen LogP contribution < -0.4 is 0 Å². The number of piperazine rings is 1. The van der Waals surface area contributed by atoms with Crippen LogP contribution in [0.25, 0.3) is 0 Å². The number of hydrogen-bond acceptors (Lipinski definition) is 3. The summed E-state index contributed by atoms with van der Waals surface area (Å²) < 4.78 is 52.1. The van der Waals surface area contributed by atoms with E-state index in [0.717, 1.165) is 18.6 Å². The molecule has 1 aliphatic rings. The summed E-state index contributed by atoms with van der Waals surface area (Å²) in [5.74, 6) is -2.10. The molecule has 0 radical (unpaired) electrons. The van der Waals surface area contributed by atoms with E-state index >= 15 is 0 Å². The number of carbonyl (C=O) groups is 1. The first-order valence-electron chi connectivity index (χ1n) is 7.57. The minimum Gasteiger partial charge on any atom is -0.336 e. The zero-order valence-electron chi connectivity index (χ0n) is 13.0. The minimum atomic E-state index is -3.30. The van der Waals surface area contributed by atoms with E-state index in [1.807, 2.05) is 6.92 Å². The van der Waals surface area contributed by atoms with Gasteiger partial charge in [-0.05, 0) is 18.6 Å². The molecule has 0 saturated carbocycles. The lowest BCUT2D eigenvalue weighted by atomic mass is 10.1. The van der Waals surface area contributed by atoms with E-state index < -0.39 is 27.6 Å². The molecule has 0 bridgehead atoms. The molecular weight excluding hydrogens is 326 g/mol. The van der Waals surface area contributed by atoms with E-state index in [9.17, 15) is 22.0 Å². The van der Waals surface area contributed by atoms with Gasteiger partial charge in [0, 0.05) is 32.2 Å². The summed E-state index contributed by atoms with van der Waals surface area (Å²) in [6.45, 7) is 2.70. The highest BCUT2D eigenvalue weighted by Crippen LogP contribution is 2.15. The zero-order chi connectivity index (χ0) is 17.0. The SMILES string of the molecule is CCCCS(=O)(=O)N1CCN(C(=O)c2ccc(F)cc2F)CC1. The molecule has 1 saturated heterocycles. The van der Waals surface area contributed by atoms with E-state index in [4.69, 9.17) is 0 Å². The van der Waals surface area contributed by atoms with Crippen molar-refractivity contribution in [2.45, 2.75) is 19.8 Å². The third kappa shape index (κ3) is 4.26. The fraction of sp³-hybridized carbons (Fsp3) is 0.533. The zero-order valence-corrected chi connectivity index (χ0v) is 13.8. The number of sulfonamides is 1.